The minimum atomic E-state index is -2.98. The number of aliphatic hydroxyl groups is 1. The summed E-state index contributed by atoms with van der Waals surface area (Å²) in [4.78, 5) is 8.72. The zero-order chi connectivity index (χ0) is 11.1. The van der Waals surface area contributed by atoms with Crippen molar-refractivity contribution >= 4 is 8.25 Å². The lowest BCUT2D eigenvalue weighted by atomic mass is 10.1. The van der Waals surface area contributed by atoms with E-state index < -0.39 is 14.4 Å². The van der Waals surface area contributed by atoms with Gasteiger partial charge in [-0.05, 0) is 18.1 Å². The molecule has 0 saturated carbocycles. The lowest BCUT2D eigenvalue weighted by molar-refractivity contribution is 0.193. The second kappa shape index (κ2) is 6.40. The van der Waals surface area contributed by atoms with Crippen LogP contribution in [0.2, 0.25) is 0 Å². The van der Waals surface area contributed by atoms with Gasteiger partial charge < -0.3 is 14.5 Å². The summed E-state index contributed by atoms with van der Waals surface area (Å²) in [6.07, 6.45) is 2.24. The van der Waals surface area contributed by atoms with E-state index in [0.717, 1.165) is 11.8 Å². The summed E-state index contributed by atoms with van der Waals surface area (Å²) in [5.74, 6) is 0. The number of benzene rings is 1. The summed E-state index contributed by atoms with van der Waals surface area (Å²) in [6.45, 7) is 0. The largest absolute Gasteiger partial charge is 0.516 e. The first-order chi connectivity index (χ1) is 7.24. The lowest BCUT2D eigenvalue weighted by Gasteiger charge is -2.13. The molecule has 0 aliphatic rings. The third kappa shape index (κ3) is 4.30. The monoisotopic (exact) mass is 228 g/mol. The van der Waals surface area contributed by atoms with Crippen LogP contribution in [0.3, 0.4) is 0 Å². The molecule has 2 atom stereocenters. The quantitative estimate of drug-likeness (QED) is 0.600. The summed E-state index contributed by atoms with van der Waals surface area (Å²) in [7, 11) is -2.98. The standard InChI is InChI=1S/C10H13O4P/c11-8-4-7-10(14-15(12)13)9-5-2-1-3-6-9/h1-6,8,10-11,15H,7H2,(H,12,13). The van der Waals surface area contributed by atoms with Crippen molar-refractivity contribution in [3.63, 3.8) is 0 Å². The van der Waals surface area contributed by atoms with Crippen molar-refractivity contribution in [3.8, 4) is 0 Å². The maximum absolute atomic E-state index is 10.6. The van der Waals surface area contributed by atoms with Crippen molar-refractivity contribution < 1.29 is 19.1 Å². The van der Waals surface area contributed by atoms with Crippen molar-refractivity contribution in [2.45, 2.75) is 12.5 Å². The first kappa shape index (κ1) is 12.0. The highest BCUT2D eigenvalue weighted by Crippen LogP contribution is 2.31. The Labute approximate surface area is 88.8 Å². The highest BCUT2D eigenvalue weighted by molar-refractivity contribution is 7.32. The molecule has 0 bridgehead atoms. The summed E-state index contributed by atoms with van der Waals surface area (Å²) >= 11 is 0. The van der Waals surface area contributed by atoms with Crippen molar-refractivity contribution in [3.05, 3.63) is 48.2 Å². The van der Waals surface area contributed by atoms with Crippen molar-refractivity contribution in [1.29, 1.82) is 0 Å². The van der Waals surface area contributed by atoms with Gasteiger partial charge in [0.1, 0.15) is 0 Å². The molecule has 0 saturated heterocycles. The smallest absolute Gasteiger partial charge is 0.317 e. The van der Waals surface area contributed by atoms with E-state index in [0.29, 0.717) is 6.42 Å². The number of rotatable bonds is 5. The van der Waals surface area contributed by atoms with Gasteiger partial charge in [0.2, 0.25) is 0 Å². The normalized spacial score (nSPS) is 15.3. The molecule has 0 amide bonds. The van der Waals surface area contributed by atoms with Gasteiger partial charge in [-0.25, -0.2) is 0 Å². The van der Waals surface area contributed by atoms with E-state index in [-0.39, 0.29) is 0 Å². The van der Waals surface area contributed by atoms with Crippen LogP contribution in [0.15, 0.2) is 42.7 Å². The molecule has 0 heterocycles. The SMILES string of the molecule is O=[PH](O)OC(CC=CO)c1ccccc1. The fraction of sp³-hybridized carbons (Fsp3) is 0.200. The van der Waals surface area contributed by atoms with Crippen LogP contribution >= 0.6 is 8.25 Å². The Hall–Kier alpha value is -1.09. The van der Waals surface area contributed by atoms with Crippen molar-refractivity contribution in [1.82, 2.24) is 0 Å². The van der Waals surface area contributed by atoms with Gasteiger partial charge in [0.15, 0.2) is 0 Å². The molecule has 1 aromatic carbocycles. The third-order valence-corrected chi connectivity index (χ3v) is 2.36. The molecule has 0 aliphatic heterocycles. The van der Waals surface area contributed by atoms with E-state index in [1.807, 2.05) is 18.2 Å². The molecular weight excluding hydrogens is 215 g/mol. The van der Waals surface area contributed by atoms with E-state index >= 15 is 0 Å². The Morgan fingerprint density at radius 2 is 2.07 bits per heavy atom. The van der Waals surface area contributed by atoms with Crippen LogP contribution in [-0.2, 0) is 9.09 Å². The average Bonchev–Trinajstić information content (AvgIpc) is 2.25. The molecule has 4 nitrogen and oxygen atoms in total. The molecule has 15 heavy (non-hydrogen) atoms. The summed E-state index contributed by atoms with van der Waals surface area (Å²) < 4.78 is 15.5. The van der Waals surface area contributed by atoms with Gasteiger partial charge >= 0.3 is 8.25 Å². The van der Waals surface area contributed by atoms with Crippen LogP contribution in [0.5, 0.6) is 0 Å². The minimum absolute atomic E-state index is 0.359. The number of hydrogen-bond acceptors (Lipinski definition) is 3. The predicted molar refractivity (Wildman–Crippen MR) is 57.9 cm³/mol. The zero-order valence-electron chi connectivity index (χ0n) is 8.04. The molecule has 2 unspecified atom stereocenters. The second-order valence-electron chi connectivity index (χ2n) is 2.90. The predicted octanol–water partition coefficient (Wildman–Crippen LogP) is 2.59. The van der Waals surface area contributed by atoms with Gasteiger partial charge in [-0.1, -0.05) is 30.3 Å². The fourth-order valence-corrected chi connectivity index (χ4v) is 1.70. The van der Waals surface area contributed by atoms with Crippen LogP contribution in [0.1, 0.15) is 18.1 Å². The molecule has 0 fully saturated rings. The summed E-state index contributed by atoms with van der Waals surface area (Å²) in [5.41, 5.74) is 0.808. The Kier molecular flexibility index (Phi) is 5.12. The Bertz CT molecular complexity index is 337. The summed E-state index contributed by atoms with van der Waals surface area (Å²) in [6, 6.07) is 9.11. The average molecular weight is 228 g/mol. The van der Waals surface area contributed by atoms with E-state index in [2.05, 4.69) is 0 Å². The minimum Gasteiger partial charge on any atom is -0.516 e. The molecule has 1 aromatic rings. The molecule has 0 aliphatic carbocycles. The fourth-order valence-electron chi connectivity index (χ4n) is 1.23. The van der Waals surface area contributed by atoms with Crippen LogP contribution in [-0.4, -0.2) is 10.00 Å². The first-order valence-electron chi connectivity index (χ1n) is 4.47. The maximum atomic E-state index is 10.6. The lowest BCUT2D eigenvalue weighted by Crippen LogP contribution is -1.98. The first-order valence-corrected chi connectivity index (χ1v) is 5.74. The zero-order valence-corrected chi connectivity index (χ0v) is 9.04. The molecule has 1 rings (SSSR count). The number of hydrogen-bond donors (Lipinski definition) is 2. The highest BCUT2D eigenvalue weighted by atomic mass is 31.1. The Morgan fingerprint density at radius 3 is 2.60 bits per heavy atom. The molecule has 0 spiro atoms. The van der Waals surface area contributed by atoms with Crippen molar-refractivity contribution in [2.75, 3.05) is 0 Å². The van der Waals surface area contributed by atoms with E-state index in [9.17, 15) is 4.57 Å². The molecule has 0 aromatic heterocycles. The Balaban J connectivity index is 2.76. The molecular formula is C10H13O4P. The second-order valence-corrected chi connectivity index (χ2v) is 3.67. The van der Waals surface area contributed by atoms with Crippen molar-refractivity contribution in [2.24, 2.45) is 0 Å². The molecule has 82 valence electrons. The van der Waals surface area contributed by atoms with Crippen LogP contribution in [0.4, 0.5) is 0 Å². The summed E-state index contributed by atoms with van der Waals surface area (Å²) in [5, 5.41) is 8.53. The van der Waals surface area contributed by atoms with Gasteiger partial charge in [0, 0.05) is 0 Å². The van der Waals surface area contributed by atoms with Crippen LogP contribution in [0.25, 0.3) is 0 Å². The van der Waals surface area contributed by atoms with E-state index in [1.54, 1.807) is 12.1 Å². The van der Waals surface area contributed by atoms with Crippen LogP contribution < -0.4 is 0 Å². The van der Waals surface area contributed by atoms with Gasteiger partial charge in [-0.15, -0.1) is 0 Å². The van der Waals surface area contributed by atoms with E-state index in [4.69, 9.17) is 14.5 Å². The molecule has 0 radical (unpaired) electrons. The molecule has 5 heteroatoms. The third-order valence-electron chi connectivity index (χ3n) is 1.87. The highest BCUT2D eigenvalue weighted by Gasteiger charge is 2.12. The van der Waals surface area contributed by atoms with Gasteiger partial charge in [0.05, 0.1) is 12.4 Å². The number of aliphatic hydroxyl groups excluding tert-OH is 1. The van der Waals surface area contributed by atoms with Gasteiger partial charge in [-0.3, -0.25) is 4.57 Å². The van der Waals surface area contributed by atoms with Gasteiger partial charge in [-0.2, -0.15) is 0 Å². The molecule has 2 N–H and O–H groups in total. The van der Waals surface area contributed by atoms with Gasteiger partial charge in [0.25, 0.3) is 0 Å². The van der Waals surface area contributed by atoms with E-state index in [1.165, 1.54) is 6.08 Å². The maximum Gasteiger partial charge on any atom is 0.317 e. The topological polar surface area (TPSA) is 66.8 Å². The van der Waals surface area contributed by atoms with Crippen LogP contribution in [0, 0.1) is 0 Å². The Morgan fingerprint density at radius 1 is 1.40 bits per heavy atom.